The summed E-state index contributed by atoms with van der Waals surface area (Å²) in [7, 11) is 0. The number of rotatable bonds is 6. The molecule has 6 nitrogen and oxygen atoms in total. The van der Waals surface area contributed by atoms with Gasteiger partial charge in [-0.2, -0.15) is 0 Å². The number of nitrogens with two attached hydrogens (primary N) is 1. The highest BCUT2D eigenvalue weighted by Gasteiger charge is 2.11. The number of primary amides is 1. The summed E-state index contributed by atoms with van der Waals surface area (Å²) in [5, 5.41) is 2.57. The first-order chi connectivity index (χ1) is 11.9. The molecule has 0 aromatic heterocycles. The van der Waals surface area contributed by atoms with Gasteiger partial charge in [-0.1, -0.05) is 26.0 Å². The van der Waals surface area contributed by atoms with Gasteiger partial charge in [0.05, 0.1) is 5.56 Å². The lowest BCUT2D eigenvalue weighted by Gasteiger charge is -2.08. The first kappa shape index (κ1) is 18.2. The van der Waals surface area contributed by atoms with Gasteiger partial charge in [-0.15, -0.1) is 0 Å². The topological polar surface area (TPSA) is 98.5 Å². The molecular weight excluding hydrogens is 320 g/mol. The number of amides is 2. The Morgan fingerprint density at radius 1 is 0.960 bits per heavy atom. The zero-order valence-corrected chi connectivity index (χ0v) is 14.1. The fourth-order valence-electron chi connectivity index (χ4n) is 2.13. The maximum Gasteiger partial charge on any atom is 0.338 e. The van der Waals surface area contributed by atoms with Crippen molar-refractivity contribution < 1.29 is 19.1 Å². The summed E-state index contributed by atoms with van der Waals surface area (Å²) < 4.78 is 5.00. The molecule has 0 heterocycles. The van der Waals surface area contributed by atoms with E-state index in [4.69, 9.17) is 10.5 Å². The number of hydrogen-bond donors (Lipinski definition) is 2. The van der Waals surface area contributed by atoms with Gasteiger partial charge >= 0.3 is 5.97 Å². The summed E-state index contributed by atoms with van der Waals surface area (Å²) in [6.45, 7) is 3.73. The van der Waals surface area contributed by atoms with E-state index in [2.05, 4.69) is 19.2 Å². The maximum atomic E-state index is 11.9. The van der Waals surface area contributed by atoms with Gasteiger partial charge in [-0.3, -0.25) is 9.59 Å². The fraction of sp³-hybridized carbons (Fsp3) is 0.211. The second-order valence-corrected chi connectivity index (χ2v) is 5.84. The van der Waals surface area contributed by atoms with Crippen LogP contribution in [0.1, 0.15) is 46.0 Å². The molecule has 25 heavy (non-hydrogen) atoms. The van der Waals surface area contributed by atoms with Crippen molar-refractivity contribution in [3.8, 4) is 0 Å². The minimum Gasteiger partial charge on any atom is -0.452 e. The van der Waals surface area contributed by atoms with E-state index in [-0.39, 0.29) is 0 Å². The smallest absolute Gasteiger partial charge is 0.338 e. The highest BCUT2D eigenvalue weighted by atomic mass is 16.5. The van der Waals surface area contributed by atoms with E-state index in [1.165, 1.54) is 12.1 Å². The number of ether oxygens (including phenoxy) is 1. The number of esters is 1. The molecule has 0 aliphatic carbocycles. The van der Waals surface area contributed by atoms with Crippen molar-refractivity contribution in [3.05, 3.63) is 65.2 Å². The molecule has 0 saturated heterocycles. The van der Waals surface area contributed by atoms with Crippen molar-refractivity contribution in [2.75, 3.05) is 11.9 Å². The number of anilines is 1. The average molecular weight is 340 g/mol. The Bertz CT molecular complexity index is 765. The highest BCUT2D eigenvalue weighted by molar-refractivity contribution is 5.96. The van der Waals surface area contributed by atoms with Crippen molar-refractivity contribution in [2.24, 2.45) is 5.73 Å². The van der Waals surface area contributed by atoms with Crippen LogP contribution in [0.3, 0.4) is 0 Å². The highest BCUT2D eigenvalue weighted by Crippen LogP contribution is 2.15. The van der Waals surface area contributed by atoms with Crippen LogP contribution < -0.4 is 11.1 Å². The predicted octanol–water partition coefficient (Wildman–Crippen LogP) is 2.70. The molecule has 0 aliphatic rings. The molecule has 0 radical (unpaired) electrons. The van der Waals surface area contributed by atoms with Crippen molar-refractivity contribution >= 4 is 23.5 Å². The van der Waals surface area contributed by atoms with Gasteiger partial charge in [-0.25, -0.2) is 4.79 Å². The van der Waals surface area contributed by atoms with Crippen LogP contribution in [0.25, 0.3) is 0 Å². The van der Waals surface area contributed by atoms with Gasteiger partial charge in [0.25, 0.3) is 5.91 Å². The van der Waals surface area contributed by atoms with Crippen LogP contribution in [-0.2, 0) is 9.53 Å². The second-order valence-electron chi connectivity index (χ2n) is 5.84. The summed E-state index contributed by atoms with van der Waals surface area (Å²) in [5.41, 5.74) is 7.48. The Kier molecular flexibility index (Phi) is 5.89. The van der Waals surface area contributed by atoms with Crippen LogP contribution in [0.4, 0.5) is 5.69 Å². The normalized spacial score (nSPS) is 10.4. The van der Waals surface area contributed by atoms with Gasteiger partial charge in [0, 0.05) is 11.3 Å². The summed E-state index contributed by atoms with van der Waals surface area (Å²) >= 11 is 0. The van der Waals surface area contributed by atoms with Crippen LogP contribution in [-0.4, -0.2) is 24.4 Å². The van der Waals surface area contributed by atoms with Gasteiger partial charge in [0.2, 0.25) is 5.91 Å². The van der Waals surface area contributed by atoms with Crippen LogP contribution in [0.2, 0.25) is 0 Å². The number of hydrogen-bond acceptors (Lipinski definition) is 4. The van der Waals surface area contributed by atoms with E-state index in [9.17, 15) is 14.4 Å². The maximum absolute atomic E-state index is 11.9. The molecule has 0 bridgehead atoms. The van der Waals surface area contributed by atoms with Crippen molar-refractivity contribution in [3.63, 3.8) is 0 Å². The monoisotopic (exact) mass is 340 g/mol. The molecule has 6 heteroatoms. The van der Waals surface area contributed by atoms with Crippen molar-refractivity contribution in [2.45, 2.75) is 19.8 Å². The summed E-state index contributed by atoms with van der Waals surface area (Å²) in [4.78, 5) is 34.8. The molecule has 2 amide bonds. The Balaban J connectivity index is 1.86. The number of carbonyl (C=O) groups excluding carboxylic acids is 3. The molecular formula is C19H20N2O4. The Morgan fingerprint density at radius 3 is 2.04 bits per heavy atom. The fourth-order valence-corrected chi connectivity index (χ4v) is 2.13. The van der Waals surface area contributed by atoms with Gasteiger partial charge in [0.15, 0.2) is 6.61 Å². The number of nitrogens with one attached hydrogen (secondary N) is 1. The molecule has 3 N–H and O–H groups in total. The molecule has 0 spiro atoms. The Morgan fingerprint density at radius 2 is 1.52 bits per heavy atom. The minimum atomic E-state index is -0.561. The molecule has 0 unspecified atom stereocenters. The summed E-state index contributed by atoms with van der Waals surface area (Å²) in [6, 6.07) is 13.2. The molecule has 0 aliphatic heterocycles. The zero-order chi connectivity index (χ0) is 18.4. The molecule has 2 aromatic carbocycles. The van der Waals surface area contributed by atoms with Crippen molar-refractivity contribution in [1.82, 2.24) is 0 Å². The largest absolute Gasteiger partial charge is 0.452 e. The molecule has 2 aromatic rings. The average Bonchev–Trinajstić information content (AvgIpc) is 2.60. The third kappa shape index (κ3) is 5.17. The van der Waals surface area contributed by atoms with Gasteiger partial charge in [0.1, 0.15) is 0 Å². The van der Waals surface area contributed by atoms with E-state index in [0.29, 0.717) is 22.7 Å². The molecule has 0 fully saturated rings. The summed E-state index contributed by atoms with van der Waals surface area (Å²) in [6.07, 6.45) is 0. The molecule has 2 rings (SSSR count). The van der Waals surface area contributed by atoms with Crippen LogP contribution in [0.5, 0.6) is 0 Å². The second kappa shape index (κ2) is 8.10. The van der Waals surface area contributed by atoms with Crippen molar-refractivity contribution in [1.29, 1.82) is 0 Å². The molecule has 130 valence electrons. The Hall–Kier alpha value is -3.15. The number of benzene rings is 2. The Labute approximate surface area is 146 Å². The summed E-state index contributed by atoms with van der Waals surface area (Å²) in [5.74, 6) is -1.21. The first-order valence-electron chi connectivity index (χ1n) is 7.83. The van der Waals surface area contributed by atoms with Gasteiger partial charge < -0.3 is 15.8 Å². The third-order valence-electron chi connectivity index (χ3n) is 3.60. The zero-order valence-electron chi connectivity index (χ0n) is 14.1. The van der Waals surface area contributed by atoms with Crippen LogP contribution in [0.15, 0.2) is 48.5 Å². The minimum absolute atomic E-state index is 0.342. The quantitative estimate of drug-likeness (QED) is 0.790. The van der Waals surface area contributed by atoms with E-state index in [0.717, 1.165) is 5.56 Å². The predicted molar refractivity (Wildman–Crippen MR) is 94.4 cm³/mol. The lowest BCUT2D eigenvalue weighted by atomic mass is 10.0. The van der Waals surface area contributed by atoms with Crippen LogP contribution in [0, 0.1) is 0 Å². The SMILES string of the molecule is CC(C)c1ccc(C(=O)OCC(=O)Nc2ccc(C(N)=O)cc2)cc1. The van der Waals surface area contributed by atoms with Crippen LogP contribution >= 0.6 is 0 Å². The lowest BCUT2D eigenvalue weighted by Crippen LogP contribution is -2.21. The third-order valence-corrected chi connectivity index (χ3v) is 3.60. The van der Waals surface area contributed by atoms with E-state index < -0.39 is 24.4 Å². The van der Waals surface area contributed by atoms with Gasteiger partial charge in [-0.05, 0) is 47.9 Å². The van der Waals surface area contributed by atoms with E-state index in [1.54, 1.807) is 24.3 Å². The van der Waals surface area contributed by atoms with E-state index in [1.807, 2.05) is 12.1 Å². The first-order valence-corrected chi connectivity index (χ1v) is 7.83. The lowest BCUT2D eigenvalue weighted by molar-refractivity contribution is -0.119. The van der Waals surface area contributed by atoms with E-state index >= 15 is 0 Å². The molecule has 0 saturated carbocycles. The molecule has 0 atom stereocenters. The standard InChI is InChI=1S/C19H20N2O4/c1-12(2)13-3-5-15(6-4-13)19(24)25-11-17(22)21-16-9-7-14(8-10-16)18(20)23/h3-10,12H,11H2,1-2H3,(H2,20,23)(H,21,22). The number of carbonyl (C=O) groups is 3.